The summed E-state index contributed by atoms with van der Waals surface area (Å²) >= 11 is 0. The third-order valence-electron chi connectivity index (χ3n) is 4.23. The fourth-order valence-corrected chi connectivity index (χ4v) is 2.83. The van der Waals surface area contributed by atoms with E-state index in [2.05, 4.69) is 15.6 Å². The second-order valence-electron chi connectivity index (χ2n) is 5.91. The summed E-state index contributed by atoms with van der Waals surface area (Å²) in [7, 11) is 0. The number of nitrogens with zero attached hydrogens (tertiary/aromatic N) is 4. The van der Waals surface area contributed by atoms with Crippen molar-refractivity contribution in [1.29, 1.82) is 0 Å². The molecular formula is C17H21N5O3. The minimum atomic E-state index is -0.588. The Labute approximate surface area is 145 Å². The fraction of sp³-hybridized carbons (Fsp3) is 0.412. The number of benzene rings is 1. The second kappa shape index (κ2) is 8.27. The van der Waals surface area contributed by atoms with Gasteiger partial charge in [0.2, 0.25) is 5.91 Å². The van der Waals surface area contributed by atoms with Crippen molar-refractivity contribution in [3.05, 3.63) is 48.3 Å². The molecule has 1 aliphatic rings. The van der Waals surface area contributed by atoms with E-state index in [1.807, 2.05) is 41.2 Å². The lowest BCUT2D eigenvalue weighted by molar-refractivity contribution is -0.131. The Morgan fingerprint density at radius 1 is 1.20 bits per heavy atom. The number of ether oxygens (including phenoxy) is 1. The lowest BCUT2D eigenvalue weighted by Gasteiger charge is -2.31. The van der Waals surface area contributed by atoms with Crippen LogP contribution in [0, 0.1) is 0 Å². The van der Waals surface area contributed by atoms with Crippen molar-refractivity contribution in [3.8, 4) is 0 Å². The van der Waals surface area contributed by atoms with Crippen LogP contribution in [-0.4, -0.2) is 51.5 Å². The quantitative estimate of drug-likeness (QED) is 0.885. The van der Waals surface area contributed by atoms with Crippen LogP contribution in [0.25, 0.3) is 0 Å². The van der Waals surface area contributed by atoms with Gasteiger partial charge in [-0.3, -0.25) is 4.79 Å². The highest BCUT2D eigenvalue weighted by Crippen LogP contribution is 2.20. The predicted molar refractivity (Wildman–Crippen MR) is 89.5 cm³/mol. The van der Waals surface area contributed by atoms with Crippen molar-refractivity contribution in [1.82, 2.24) is 25.2 Å². The van der Waals surface area contributed by atoms with Gasteiger partial charge in [0.1, 0.15) is 13.2 Å². The number of aromatic nitrogens is 3. The standard InChI is InChI=1S/C17H21N5O3/c23-16(12-18-17(24)25-13-14-4-2-1-3-5-14)21-9-6-15(7-10-21)22-11-8-19-20-22/h1-5,8,11,15H,6-7,9-10,12-13H2,(H,18,24). The molecule has 3 rings (SSSR count). The molecule has 1 aromatic carbocycles. The Morgan fingerprint density at radius 2 is 1.96 bits per heavy atom. The molecule has 1 N–H and O–H groups in total. The predicted octanol–water partition coefficient (Wildman–Crippen LogP) is 1.37. The number of alkyl carbamates (subject to hydrolysis) is 1. The van der Waals surface area contributed by atoms with Crippen molar-refractivity contribution in [3.63, 3.8) is 0 Å². The Hall–Kier alpha value is -2.90. The number of carbonyl (C=O) groups excluding carboxylic acids is 2. The number of likely N-dealkylation sites (tertiary alicyclic amines) is 1. The van der Waals surface area contributed by atoms with Gasteiger partial charge in [0.25, 0.3) is 0 Å². The summed E-state index contributed by atoms with van der Waals surface area (Å²) in [5, 5.41) is 10.3. The van der Waals surface area contributed by atoms with E-state index < -0.39 is 6.09 Å². The molecule has 1 saturated heterocycles. The summed E-state index contributed by atoms with van der Waals surface area (Å²) in [5.74, 6) is -0.103. The van der Waals surface area contributed by atoms with Gasteiger partial charge in [0.05, 0.1) is 12.2 Å². The largest absolute Gasteiger partial charge is 0.445 e. The molecule has 8 heteroatoms. The molecule has 8 nitrogen and oxygen atoms in total. The molecule has 1 aromatic heterocycles. The zero-order chi connectivity index (χ0) is 17.5. The zero-order valence-electron chi connectivity index (χ0n) is 13.9. The highest BCUT2D eigenvalue weighted by atomic mass is 16.5. The summed E-state index contributed by atoms with van der Waals surface area (Å²) in [6, 6.07) is 9.67. The number of amides is 2. The SMILES string of the molecule is O=C(NCC(=O)N1CCC(n2ccnn2)CC1)OCc1ccccc1. The van der Waals surface area contributed by atoms with Crippen molar-refractivity contribution in [2.75, 3.05) is 19.6 Å². The first-order valence-electron chi connectivity index (χ1n) is 8.30. The normalized spacial score (nSPS) is 15.0. The van der Waals surface area contributed by atoms with Crippen LogP contribution in [-0.2, 0) is 16.1 Å². The average Bonchev–Trinajstić information content (AvgIpc) is 3.20. The molecule has 25 heavy (non-hydrogen) atoms. The van der Waals surface area contributed by atoms with Gasteiger partial charge in [-0.25, -0.2) is 9.48 Å². The zero-order valence-corrected chi connectivity index (χ0v) is 13.9. The Bertz CT molecular complexity index is 682. The summed E-state index contributed by atoms with van der Waals surface area (Å²) in [6.45, 7) is 1.42. The van der Waals surface area contributed by atoms with E-state index in [1.54, 1.807) is 11.1 Å². The molecule has 2 amide bonds. The van der Waals surface area contributed by atoms with E-state index >= 15 is 0 Å². The van der Waals surface area contributed by atoms with Gasteiger partial charge in [-0.05, 0) is 18.4 Å². The van der Waals surface area contributed by atoms with E-state index in [0.29, 0.717) is 13.1 Å². The first-order valence-corrected chi connectivity index (χ1v) is 8.30. The number of hydrogen-bond acceptors (Lipinski definition) is 5. The van der Waals surface area contributed by atoms with E-state index in [4.69, 9.17) is 4.74 Å². The summed E-state index contributed by atoms with van der Waals surface area (Å²) in [4.78, 5) is 25.6. The summed E-state index contributed by atoms with van der Waals surface area (Å²) in [5.41, 5.74) is 0.902. The van der Waals surface area contributed by atoms with Gasteiger partial charge in [-0.2, -0.15) is 0 Å². The van der Waals surface area contributed by atoms with E-state index in [1.165, 1.54) is 0 Å². The highest BCUT2D eigenvalue weighted by Gasteiger charge is 2.24. The number of hydrogen-bond donors (Lipinski definition) is 1. The van der Waals surface area contributed by atoms with Crippen LogP contribution in [0.4, 0.5) is 4.79 Å². The van der Waals surface area contributed by atoms with Gasteiger partial charge in [-0.1, -0.05) is 35.5 Å². The van der Waals surface area contributed by atoms with Crippen molar-refractivity contribution >= 4 is 12.0 Å². The Morgan fingerprint density at radius 3 is 2.64 bits per heavy atom. The lowest BCUT2D eigenvalue weighted by Crippen LogP contribution is -2.44. The summed E-state index contributed by atoms with van der Waals surface area (Å²) in [6.07, 6.45) is 4.56. The maximum atomic E-state index is 12.2. The van der Waals surface area contributed by atoms with Gasteiger partial charge >= 0.3 is 6.09 Å². The maximum Gasteiger partial charge on any atom is 0.407 e. The van der Waals surface area contributed by atoms with Crippen LogP contribution >= 0.6 is 0 Å². The molecule has 0 bridgehead atoms. The number of carbonyl (C=O) groups is 2. The molecule has 0 unspecified atom stereocenters. The van der Waals surface area contributed by atoms with Crippen LogP contribution < -0.4 is 5.32 Å². The van der Waals surface area contributed by atoms with Crippen molar-refractivity contribution in [2.24, 2.45) is 0 Å². The fourth-order valence-electron chi connectivity index (χ4n) is 2.83. The van der Waals surface area contributed by atoms with Crippen LogP contribution in [0.5, 0.6) is 0 Å². The minimum Gasteiger partial charge on any atom is -0.445 e. The first-order chi connectivity index (χ1) is 12.2. The number of nitrogens with one attached hydrogen (secondary N) is 1. The van der Waals surface area contributed by atoms with Gasteiger partial charge < -0.3 is 15.0 Å². The molecule has 0 radical (unpaired) electrons. The third-order valence-corrected chi connectivity index (χ3v) is 4.23. The van der Waals surface area contributed by atoms with Gasteiger partial charge in [-0.15, -0.1) is 5.10 Å². The smallest absolute Gasteiger partial charge is 0.407 e. The molecule has 132 valence electrons. The topological polar surface area (TPSA) is 89.4 Å². The van der Waals surface area contributed by atoms with Gasteiger partial charge in [0.15, 0.2) is 0 Å². The minimum absolute atomic E-state index is 0.0540. The third kappa shape index (κ3) is 4.79. The molecule has 0 saturated carbocycles. The number of piperidine rings is 1. The number of rotatable bonds is 5. The van der Waals surface area contributed by atoms with E-state index in [-0.39, 0.29) is 25.1 Å². The summed E-state index contributed by atoms with van der Waals surface area (Å²) < 4.78 is 6.93. The monoisotopic (exact) mass is 343 g/mol. The lowest BCUT2D eigenvalue weighted by atomic mass is 10.1. The van der Waals surface area contributed by atoms with E-state index in [9.17, 15) is 9.59 Å². The second-order valence-corrected chi connectivity index (χ2v) is 5.91. The highest BCUT2D eigenvalue weighted by molar-refractivity contribution is 5.82. The maximum absolute atomic E-state index is 12.2. The molecule has 1 aliphatic heterocycles. The molecule has 1 fully saturated rings. The van der Waals surface area contributed by atoms with Crippen LogP contribution in [0.3, 0.4) is 0 Å². The molecule has 0 atom stereocenters. The first kappa shape index (κ1) is 16.9. The Kier molecular flexibility index (Phi) is 5.61. The van der Waals surface area contributed by atoms with Crippen molar-refractivity contribution in [2.45, 2.75) is 25.5 Å². The molecule has 0 aliphatic carbocycles. The molecular weight excluding hydrogens is 322 g/mol. The van der Waals surface area contributed by atoms with E-state index in [0.717, 1.165) is 18.4 Å². The Balaban J connectivity index is 1.36. The van der Waals surface area contributed by atoms with Crippen LogP contribution in [0.1, 0.15) is 24.4 Å². The molecule has 0 spiro atoms. The van der Waals surface area contributed by atoms with Gasteiger partial charge in [0, 0.05) is 19.3 Å². The molecule has 2 aromatic rings. The molecule has 2 heterocycles. The van der Waals surface area contributed by atoms with Crippen LogP contribution in [0.15, 0.2) is 42.7 Å². The van der Waals surface area contributed by atoms with Crippen LogP contribution in [0.2, 0.25) is 0 Å². The van der Waals surface area contributed by atoms with Crippen molar-refractivity contribution < 1.29 is 14.3 Å². The average molecular weight is 343 g/mol.